The van der Waals surface area contributed by atoms with E-state index in [4.69, 9.17) is 9.47 Å². The largest absolute Gasteiger partial charge is 0.481 e. The Morgan fingerprint density at radius 1 is 0.355 bits per heavy atom. The Morgan fingerprint density at radius 3 is 1.20 bits per heavy atom. The van der Waals surface area contributed by atoms with Gasteiger partial charge in [-0.1, -0.05) is 185 Å². The first-order valence-corrected chi connectivity index (χ1v) is 57.5. The summed E-state index contributed by atoms with van der Waals surface area (Å²) in [6.45, 7) is 74.1. The van der Waals surface area contributed by atoms with Crippen LogP contribution < -0.4 is 52.6 Å². The van der Waals surface area contributed by atoms with Crippen molar-refractivity contribution < 1.29 is 38.2 Å². The number of carbonyl (C=O) groups excluding carboxylic acids is 6. The number of hydrogen-bond donors (Lipinski definition) is 9. The number of amides is 6. The number of morpholine rings is 1. The van der Waals surface area contributed by atoms with Gasteiger partial charge in [0.1, 0.15) is 6.10 Å². The van der Waals surface area contributed by atoms with Crippen LogP contribution in [0.1, 0.15) is 348 Å². The fraction of sp³-hybridized carbons (Fsp3) is 0.651. The van der Waals surface area contributed by atoms with Gasteiger partial charge in [-0.15, -0.1) is 90.7 Å². The molecular weight excluding hydrogens is 1880 g/mol. The number of nitrogens with zero attached hydrogens (tertiary/aromatic N) is 4. The highest BCUT2D eigenvalue weighted by Crippen LogP contribution is 2.38. The smallest absolute Gasteiger partial charge is 0.264 e. The molecular formula is C109H171N13O8S8. The zero-order valence-corrected chi connectivity index (χ0v) is 94.6. The summed E-state index contributed by atoms with van der Waals surface area (Å²) in [6.07, 6.45) is 15.3. The highest BCUT2D eigenvalue weighted by molar-refractivity contribution is 7.15. The number of piperazine rings is 2. The minimum absolute atomic E-state index is 0.0405. The number of rotatable bonds is 19. The Balaban J connectivity index is 0.000000177. The summed E-state index contributed by atoms with van der Waals surface area (Å²) in [7, 11) is 0. The summed E-state index contributed by atoms with van der Waals surface area (Å²) in [6, 6.07) is 26.2. The molecule has 16 rings (SSSR count). The summed E-state index contributed by atoms with van der Waals surface area (Å²) in [5.74, 6) is 0.668. The van der Waals surface area contributed by atoms with Crippen LogP contribution >= 0.6 is 90.7 Å². The minimum Gasteiger partial charge on any atom is -0.481 e. The van der Waals surface area contributed by atoms with Gasteiger partial charge in [0.2, 0.25) is 0 Å². The van der Waals surface area contributed by atoms with Gasteiger partial charge in [-0.2, -0.15) is 0 Å². The van der Waals surface area contributed by atoms with E-state index in [1.54, 1.807) is 79.4 Å². The van der Waals surface area contributed by atoms with E-state index in [0.29, 0.717) is 30.1 Å². The van der Waals surface area contributed by atoms with E-state index in [0.717, 1.165) is 229 Å². The number of nitrogens with one attached hydrogen (secondary N) is 9. The van der Waals surface area contributed by atoms with Crippen molar-refractivity contribution in [2.24, 2.45) is 0 Å². The van der Waals surface area contributed by atoms with Gasteiger partial charge in [0.25, 0.3) is 35.4 Å². The van der Waals surface area contributed by atoms with E-state index >= 15 is 0 Å². The predicted octanol–water partition coefficient (Wildman–Crippen LogP) is 21.9. The van der Waals surface area contributed by atoms with E-state index in [9.17, 15) is 28.8 Å². The molecule has 0 spiro atoms. The second-order valence-corrected chi connectivity index (χ2v) is 53.8. The van der Waals surface area contributed by atoms with Crippen molar-refractivity contribution in [1.29, 1.82) is 0 Å². The molecule has 14 heterocycles. The van der Waals surface area contributed by atoms with E-state index < -0.39 is 0 Å². The lowest BCUT2D eigenvalue weighted by atomic mass is 9.89. The molecule has 0 aromatic carbocycles. The van der Waals surface area contributed by atoms with Gasteiger partial charge >= 0.3 is 0 Å². The van der Waals surface area contributed by atoms with E-state index in [-0.39, 0.29) is 73.3 Å². The highest BCUT2D eigenvalue weighted by Gasteiger charge is 2.31. The fourth-order valence-corrected chi connectivity index (χ4v) is 23.8. The molecule has 0 radical (unpaired) electrons. The number of piperidine rings is 1. The number of ether oxygens (including phenoxy) is 2. The normalized spacial score (nSPS) is 17.8. The molecule has 8 fully saturated rings. The van der Waals surface area contributed by atoms with Crippen LogP contribution in [0.3, 0.4) is 0 Å². The van der Waals surface area contributed by atoms with Crippen LogP contribution in [-0.4, -0.2) is 223 Å². The second-order valence-electron chi connectivity index (χ2n) is 45.8. The number of likely N-dealkylation sites (tertiary alicyclic amines) is 1. The SMILES string of the molecule is CC(C)(C)c1ccc(C(=O)N2CCCC2)s1.CC(C)(C)c1ccc(C(=O)NC2CCNC2)s1.CC(C)(C)c1ccc(C(=O)NCCN2CCNCC2)s1.CC(C)(C)c1ccc(C(=O)NCCN2CCOCC2)s1.CC(C)(C)c1csc(C(=O)N2CCNCC2)c1.CC(C)(C)c1csc(C(=O)NC2CC2)c1.CC(C)(C)c1csc(CNC2CCCCC2)c1.CC(C)(C)c1csc(OC2CCNCC2)c1. The first kappa shape index (κ1) is 115. The fourth-order valence-electron chi connectivity index (χ4n) is 15.6. The van der Waals surface area contributed by atoms with Gasteiger partial charge in [0, 0.05) is 160 Å². The first-order valence-electron chi connectivity index (χ1n) is 50.7. The molecule has 1 unspecified atom stereocenters. The molecule has 9 N–H and O–H groups in total. The molecule has 8 aromatic heterocycles. The average Bonchev–Trinajstić information content (AvgIpc) is 1.72. The zero-order valence-electron chi connectivity index (χ0n) is 88.1. The molecule has 29 heteroatoms. The Kier molecular flexibility index (Phi) is 45.3. The number of carbonyl (C=O) groups is 6. The van der Waals surface area contributed by atoms with Crippen molar-refractivity contribution in [2.75, 3.05) is 144 Å². The third kappa shape index (κ3) is 40.1. The van der Waals surface area contributed by atoms with Crippen LogP contribution in [0.25, 0.3) is 0 Å². The quantitative estimate of drug-likeness (QED) is 0.0366. The van der Waals surface area contributed by atoms with Crippen LogP contribution in [0.15, 0.2) is 94.3 Å². The molecule has 6 saturated heterocycles. The Morgan fingerprint density at radius 2 is 0.746 bits per heavy atom. The van der Waals surface area contributed by atoms with Gasteiger partial charge in [-0.25, -0.2) is 0 Å². The molecule has 6 amide bonds. The molecule has 2 aliphatic carbocycles. The molecule has 21 nitrogen and oxygen atoms in total. The van der Waals surface area contributed by atoms with Crippen LogP contribution in [-0.2, 0) is 54.6 Å². The Labute approximate surface area is 861 Å². The Bertz CT molecular complexity index is 4880. The van der Waals surface area contributed by atoms with Gasteiger partial charge in [-0.05, 0) is 237 Å². The third-order valence-electron chi connectivity index (χ3n) is 25.2. The van der Waals surface area contributed by atoms with Crippen LogP contribution in [0.2, 0.25) is 0 Å². The lowest BCUT2D eigenvalue weighted by molar-refractivity contribution is 0.0383. The average molecular weight is 2050 g/mol. The number of hydrogen-bond acceptors (Lipinski definition) is 23. The van der Waals surface area contributed by atoms with Crippen molar-refractivity contribution >= 4 is 126 Å². The van der Waals surface area contributed by atoms with Crippen molar-refractivity contribution in [3.05, 3.63) is 170 Å². The van der Waals surface area contributed by atoms with Crippen LogP contribution in [0.5, 0.6) is 5.06 Å². The molecule has 1 atom stereocenters. The Hall–Kier alpha value is -6.10. The van der Waals surface area contributed by atoms with Crippen molar-refractivity contribution in [2.45, 2.75) is 317 Å². The monoisotopic (exact) mass is 2050 g/mol. The molecule has 768 valence electrons. The summed E-state index contributed by atoms with van der Waals surface area (Å²) in [5, 5.41) is 38.8. The highest BCUT2D eigenvalue weighted by atomic mass is 32.1. The zero-order chi connectivity index (χ0) is 101. The summed E-state index contributed by atoms with van der Waals surface area (Å²) in [4.78, 5) is 92.5. The lowest BCUT2D eigenvalue weighted by Crippen LogP contribution is -2.46. The summed E-state index contributed by atoms with van der Waals surface area (Å²) >= 11 is 13.2. The van der Waals surface area contributed by atoms with E-state index in [2.05, 4.69) is 288 Å². The topological polar surface area (TPSA) is 242 Å². The van der Waals surface area contributed by atoms with E-state index in [1.165, 1.54) is 78.7 Å². The van der Waals surface area contributed by atoms with Crippen LogP contribution in [0.4, 0.5) is 0 Å². The van der Waals surface area contributed by atoms with Gasteiger partial charge in [-0.3, -0.25) is 38.6 Å². The van der Waals surface area contributed by atoms with Crippen molar-refractivity contribution in [3.63, 3.8) is 0 Å². The molecule has 8 aromatic rings. The molecule has 0 bridgehead atoms. The van der Waals surface area contributed by atoms with Crippen molar-refractivity contribution in [3.8, 4) is 5.06 Å². The molecule has 6 aliphatic heterocycles. The first-order chi connectivity index (χ1) is 64.9. The molecule has 2 saturated carbocycles. The maximum absolute atomic E-state index is 12.2. The maximum Gasteiger partial charge on any atom is 0.264 e. The number of thiophene rings is 8. The predicted molar refractivity (Wildman–Crippen MR) is 589 cm³/mol. The minimum atomic E-state index is 0.0405. The van der Waals surface area contributed by atoms with Gasteiger partial charge < -0.3 is 67.1 Å². The second kappa shape index (κ2) is 54.2. The molecule has 138 heavy (non-hydrogen) atoms. The lowest BCUT2D eigenvalue weighted by Gasteiger charge is -2.27. The van der Waals surface area contributed by atoms with Gasteiger partial charge in [0.15, 0.2) is 5.06 Å². The molecule has 8 aliphatic rings. The third-order valence-corrected chi connectivity index (χ3v) is 34.8. The summed E-state index contributed by atoms with van der Waals surface area (Å²) < 4.78 is 11.3. The van der Waals surface area contributed by atoms with Crippen molar-refractivity contribution in [1.82, 2.24) is 67.5 Å². The van der Waals surface area contributed by atoms with Gasteiger partial charge in [0.05, 0.1) is 42.5 Å². The standard InChI is InChI=1S/C15H25N3OS.C15H24N2O2S.C15H25NS.2C13H20N2OS.C13H21NOS.C13H19NOS.C12H17NOS/c1-15(2,3)13-5-4-12(20-13)14(19)17-8-11-18-9-6-16-7-10-18;1-15(2,3)13-5-4-12(20-13)14(18)16-6-7-17-8-10-19-11-9-17;1-15(2,3)12-9-14(17-11-12)10-16-13-7-5-4-6-8-13;1-13(2,3)10-8-11(17-9-10)12(16)15-6-4-14-5-7-15;1-13(2,3)11-5-4-10(17-11)12(16)15-9-6-7-14-8-9;1-13(2,3)10-8-12(16-9-10)15-11-4-6-14-7-5-11;1-13(2,3)11-7-6-10(16-11)12(15)14-8-4-5-9-14;1-12(2,3)8-6-10(15-7-8)11(14)13-9-4-5-9/h4-5,16H,6-11H2,1-3H3,(H,17,19);4-5H,6-11H2,1-3H3,(H,16,18);9,11,13,16H,4-8,10H2,1-3H3;8-9,14H,4-7H2,1-3H3;4-5,9,14H,6-8H2,1-3H3,(H,15,16);8-9,11,14H,4-7H2,1-3H3;6-7H,4-5,8-9H2,1-3H3;6-7,9H,4-5H2,1-3H3,(H,13,14). The van der Waals surface area contributed by atoms with E-state index in [1.807, 2.05) is 51.5 Å². The summed E-state index contributed by atoms with van der Waals surface area (Å²) in [5.41, 5.74) is 6.62. The van der Waals surface area contributed by atoms with Crippen LogP contribution in [0, 0.1) is 0 Å². The maximum atomic E-state index is 12.2.